The molecule has 0 saturated carbocycles. The van der Waals surface area contributed by atoms with Crippen LogP contribution in [0.25, 0.3) is 11.0 Å². The third kappa shape index (κ3) is 2.87. The van der Waals surface area contributed by atoms with Crippen molar-refractivity contribution in [1.29, 1.82) is 0 Å². The third-order valence-corrected chi connectivity index (χ3v) is 4.91. The Morgan fingerprint density at radius 2 is 1.83 bits per heavy atom. The van der Waals surface area contributed by atoms with Crippen LogP contribution in [0.2, 0.25) is 0 Å². The summed E-state index contributed by atoms with van der Waals surface area (Å²) in [5.41, 5.74) is 1.64. The van der Waals surface area contributed by atoms with Gasteiger partial charge in [0.25, 0.3) is 10.0 Å². The van der Waals surface area contributed by atoms with Crippen LogP contribution in [-0.2, 0) is 16.6 Å². The van der Waals surface area contributed by atoms with E-state index in [-0.39, 0.29) is 4.90 Å². The van der Waals surface area contributed by atoms with Crippen molar-refractivity contribution in [3.8, 4) is 5.75 Å². The molecule has 3 rings (SSSR count). The van der Waals surface area contributed by atoms with Crippen molar-refractivity contribution in [2.24, 2.45) is 0 Å². The Kier molecular flexibility index (Phi) is 3.96. The van der Waals surface area contributed by atoms with E-state index in [0.29, 0.717) is 18.2 Å². The molecule has 0 saturated heterocycles. The quantitative estimate of drug-likeness (QED) is 0.780. The second-order valence-electron chi connectivity index (χ2n) is 4.95. The zero-order chi connectivity index (χ0) is 16.4. The van der Waals surface area contributed by atoms with Gasteiger partial charge >= 0.3 is 0 Å². The number of nitrogens with zero attached hydrogens (tertiary/aromatic N) is 2. The normalized spacial score (nSPS) is 11.6. The van der Waals surface area contributed by atoms with E-state index in [9.17, 15) is 8.42 Å². The van der Waals surface area contributed by atoms with E-state index in [4.69, 9.17) is 4.74 Å². The Morgan fingerprint density at radius 3 is 2.48 bits per heavy atom. The standard InChI is InChI=1S/C16H17N3O3S/c1-3-19-15-7-5-4-6-14(15)17-16(19)18-23(20,21)13-10-8-12(22-2)9-11-13/h4-11H,3H2,1-2H3,(H,17,18). The lowest BCUT2D eigenvalue weighted by atomic mass is 10.3. The van der Waals surface area contributed by atoms with Gasteiger partial charge in [-0.1, -0.05) is 12.1 Å². The van der Waals surface area contributed by atoms with E-state index in [1.54, 1.807) is 12.1 Å². The van der Waals surface area contributed by atoms with Gasteiger partial charge in [0.2, 0.25) is 5.95 Å². The van der Waals surface area contributed by atoms with Crippen molar-refractivity contribution in [1.82, 2.24) is 9.55 Å². The fraction of sp³-hybridized carbons (Fsp3) is 0.188. The summed E-state index contributed by atoms with van der Waals surface area (Å²) >= 11 is 0. The van der Waals surface area contributed by atoms with Crippen molar-refractivity contribution < 1.29 is 13.2 Å². The van der Waals surface area contributed by atoms with E-state index in [1.165, 1.54) is 19.2 Å². The minimum atomic E-state index is -3.71. The van der Waals surface area contributed by atoms with Gasteiger partial charge in [0, 0.05) is 6.54 Å². The molecule has 1 N–H and O–H groups in total. The molecule has 6 nitrogen and oxygen atoms in total. The van der Waals surface area contributed by atoms with Crippen LogP contribution in [-0.4, -0.2) is 25.1 Å². The molecule has 0 radical (unpaired) electrons. The molecule has 0 aliphatic heterocycles. The fourth-order valence-electron chi connectivity index (χ4n) is 2.41. The highest BCUT2D eigenvalue weighted by atomic mass is 32.2. The number of aryl methyl sites for hydroxylation is 1. The van der Waals surface area contributed by atoms with Crippen LogP contribution >= 0.6 is 0 Å². The van der Waals surface area contributed by atoms with Gasteiger partial charge < -0.3 is 9.30 Å². The SMILES string of the molecule is CCn1c(NS(=O)(=O)c2ccc(OC)cc2)nc2ccccc21. The number of nitrogens with one attached hydrogen (secondary N) is 1. The molecule has 0 atom stereocenters. The molecule has 120 valence electrons. The molecule has 0 aliphatic carbocycles. The number of hydrogen-bond donors (Lipinski definition) is 1. The number of benzene rings is 2. The first kappa shape index (κ1) is 15.4. The first-order valence-electron chi connectivity index (χ1n) is 7.17. The lowest BCUT2D eigenvalue weighted by Crippen LogP contribution is -2.16. The van der Waals surface area contributed by atoms with Gasteiger partial charge in [-0.2, -0.15) is 0 Å². The maximum absolute atomic E-state index is 12.5. The molecule has 0 aliphatic rings. The summed E-state index contributed by atoms with van der Waals surface area (Å²) in [5, 5.41) is 0. The summed E-state index contributed by atoms with van der Waals surface area (Å²) in [4.78, 5) is 4.54. The smallest absolute Gasteiger partial charge is 0.264 e. The molecule has 7 heteroatoms. The van der Waals surface area contributed by atoms with Gasteiger partial charge in [0.15, 0.2) is 0 Å². The Balaban J connectivity index is 1.99. The van der Waals surface area contributed by atoms with E-state index >= 15 is 0 Å². The molecule has 2 aromatic carbocycles. The number of para-hydroxylation sites is 2. The van der Waals surface area contributed by atoms with Crippen molar-refractivity contribution in [3.05, 3.63) is 48.5 Å². The number of hydrogen-bond acceptors (Lipinski definition) is 4. The Labute approximate surface area is 134 Å². The predicted molar refractivity (Wildman–Crippen MR) is 89.2 cm³/mol. The molecule has 0 amide bonds. The van der Waals surface area contributed by atoms with Crippen molar-refractivity contribution in [3.63, 3.8) is 0 Å². The Bertz CT molecular complexity index is 931. The molecule has 0 bridgehead atoms. The topological polar surface area (TPSA) is 73.2 Å². The van der Waals surface area contributed by atoms with Crippen LogP contribution in [0, 0.1) is 0 Å². The van der Waals surface area contributed by atoms with Crippen LogP contribution in [0.15, 0.2) is 53.4 Å². The van der Waals surface area contributed by atoms with E-state index in [0.717, 1.165) is 11.0 Å². The Morgan fingerprint density at radius 1 is 1.13 bits per heavy atom. The van der Waals surface area contributed by atoms with Crippen LogP contribution in [0.1, 0.15) is 6.92 Å². The average Bonchev–Trinajstić information content (AvgIpc) is 2.91. The molecular weight excluding hydrogens is 314 g/mol. The maximum Gasteiger partial charge on any atom is 0.264 e. The van der Waals surface area contributed by atoms with Gasteiger partial charge in [0.05, 0.1) is 23.0 Å². The lowest BCUT2D eigenvalue weighted by molar-refractivity contribution is 0.414. The largest absolute Gasteiger partial charge is 0.497 e. The number of anilines is 1. The fourth-order valence-corrected chi connectivity index (χ4v) is 3.42. The number of imidazole rings is 1. The van der Waals surface area contributed by atoms with Crippen molar-refractivity contribution in [2.45, 2.75) is 18.4 Å². The van der Waals surface area contributed by atoms with Gasteiger partial charge in [-0.25, -0.2) is 18.1 Å². The number of methoxy groups -OCH3 is 1. The van der Waals surface area contributed by atoms with Gasteiger partial charge in [0.1, 0.15) is 5.75 Å². The van der Waals surface area contributed by atoms with Crippen LogP contribution in [0.3, 0.4) is 0 Å². The molecule has 3 aromatic rings. The molecule has 0 unspecified atom stereocenters. The highest BCUT2D eigenvalue weighted by Gasteiger charge is 2.18. The maximum atomic E-state index is 12.5. The monoisotopic (exact) mass is 331 g/mol. The number of fused-ring (bicyclic) bond motifs is 1. The first-order valence-corrected chi connectivity index (χ1v) is 8.65. The third-order valence-electron chi connectivity index (χ3n) is 3.57. The van der Waals surface area contributed by atoms with Gasteiger partial charge in [-0.05, 0) is 43.3 Å². The second kappa shape index (κ2) is 5.92. The molecule has 1 heterocycles. The number of aromatic nitrogens is 2. The molecule has 0 spiro atoms. The Hall–Kier alpha value is -2.54. The first-order chi connectivity index (χ1) is 11.0. The second-order valence-corrected chi connectivity index (χ2v) is 6.63. The number of ether oxygens (including phenoxy) is 1. The zero-order valence-corrected chi connectivity index (χ0v) is 13.7. The number of rotatable bonds is 5. The summed E-state index contributed by atoms with van der Waals surface area (Å²) in [6.07, 6.45) is 0. The van der Waals surface area contributed by atoms with Gasteiger partial charge in [-0.15, -0.1) is 0 Å². The van der Waals surface area contributed by atoms with E-state index in [1.807, 2.05) is 35.8 Å². The summed E-state index contributed by atoms with van der Waals surface area (Å²) in [5.74, 6) is 0.911. The van der Waals surface area contributed by atoms with Crippen LogP contribution in [0.5, 0.6) is 5.75 Å². The molecule has 23 heavy (non-hydrogen) atoms. The summed E-state index contributed by atoms with van der Waals surface area (Å²) in [6.45, 7) is 2.56. The summed E-state index contributed by atoms with van der Waals surface area (Å²) < 4.78 is 34.5. The zero-order valence-electron chi connectivity index (χ0n) is 12.9. The minimum Gasteiger partial charge on any atom is -0.497 e. The minimum absolute atomic E-state index is 0.160. The lowest BCUT2D eigenvalue weighted by Gasteiger charge is -2.10. The number of sulfonamides is 1. The van der Waals surface area contributed by atoms with E-state index in [2.05, 4.69) is 9.71 Å². The predicted octanol–water partition coefficient (Wildman–Crippen LogP) is 2.87. The average molecular weight is 331 g/mol. The molecule has 1 aromatic heterocycles. The van der Waals surface area contributed by atoms with Gasteiger partial charge in [-0.3, -0.25) is 0 Å². The summed E-state index contributed by atoms with van der Waals surface area (Å²) in [6, 6.07) is 13.8. The highest BCUT2D eigenvalue weighted by Crippen LogP contribution is 2.23. The van der Waals surface area contributed by atoms with E-state index < -0.39 is 10.0 Å². The van der Waals surface area contributed by atoms with Crippen LogP contribution < -0.4 is 9.46 Å². The summed E-state index contributed by atoms with van der Waals surface area (Å²) in [7, 11) is -2.17. The molecular formula is C16H17N3O3S. The van der Waals surface area contributed by atoms with Crippen molar-refractivity contribution in [2.75, 3.05) is 11.8 Å². The van der Waals surface area contributed by atoms with Crippen LogP contribution in [0.4, 0.5) is 5.95 Å². The highest BCUT2D eigenvalue weighted by molar-refractivity contribution is 7.92. The molecule has 0 fully saturated rings. The van der Waals surface area contributed by atoms with Crippen molar-refractivity contribution >= 4 is 27.0 Å².